The summed E-state index contributed by atoms with van der Waals surface area (Å²) < 4.78 is 5.24. The van der Waals surface area contributed by atoms with Crippen molar-refractivity contribution in [1.29, 1.82) is 0 Å². The van der Waals surface area contributed by atoms with Crippen LogP contribution in [-0.2, 0) is 6.42 Å². The van der Waals surface area contributed by atoms with Gasteiger partial charge >= 0.3 is 0 Å². The Labute approximate surface area is 95.5 Å². The predicted octanol–water partition coefficient (Wildman–Crippen LogP) is 4.37. The molecule has 0 N–H and O–H groups in total. The third-order valence-corrected chi connectivity index (χ3v) is 2.90. The molecule has 1 nitrogen and oxygen atoms in total. The molecule has 15 heavy (non-hydrogen) atoms. The number of hydrogen-bond donors (Lipinski definition) is 0. The van der Waals surface area contributed by atoms with E-state index in [1.54, 1.807) is 0 Å². The SMILES string of the molecule is CCCCCCCc1ccccc1OP. The van der Waals surface area contributed by atoms with Gasteiger partial charge in [0, 0.05) is 0 Å². The number of benzene rings is 1. The van der Waals surface area contributed by atoms with Gasteiger partial charge in [0.2, 0.25) is 0 Å². The number of aryl methyl sites for hydroxylation is 1. The molecule has 1 aromatic rings. The van der Waals surface area contributed by atoms with Crippen molar-refractivity contribution in [2.24, 2.45) is 0 Å². The molecule has 0 radical (unpaired) electrons. The zero-order chi connectivity index (χ0) is 10.9. The number of unbranched alkanes of at least 4 members (excludes halogenated alkanes) is 4. The lowest BCUT2D eigenvalue weighted by Crippen LogP contribution is -1.89. The van der Waals surface area contributed by atoms with E-state index in [4.69, 9.17) is 4.52 Å². The van der Waals surface area contributed by atoms with E-state index in [0.717, 1.165) is 12.2 Å². The first-order valence-corrected chi connectivity index (χ1v) is 6.30. The van der Waals surface area contributed by atoms with Crippen molar-refractivity contribution in [3.05, 3.63) is 29.8 Å². The highest BCUT2D eigenvalue weighted by molar-refractivity contribution is 7.10. The van der Waals surface area contributed by atoms with Crippen molar-refractivity contribution in [3.8, 4) is 5.75 Å². The maximum absolute atomic E-state index is 5.24. The fourth-order valence-corrected chi connectivity index (χ4v) is 1.97. The van der Waals surface area contributed by atoms with Gasteiger partial charge in [-0.25, -0.2) is 0 Å². The van der Waals surface area contributed by atoms with Crippen LogP contribution in [0.5, 0.6) is 5.75 Å². The standard InChI is InChI=1S/C13H21OP/c1-2-3-4-5-6-9-12-10-7-8-11-13(12)14-15/h7-8,10-11H,2-6,9,15H2,1H3. The number of hydrogen-bond acceptors (Lipinski definition) is 1. The van der Waals surface area contributed by atoms with Crippen LogP contribution < -0.4 is 4.52 Å². The van der Waals surface area contributed by atoms with Crippen LogP contribution in [0.1, 0.15) is 44.6 Å². The topological polar surface area (TPSA) is 9.23 Å². The Morgan fingerprint density at radius 1 is 1.07 bits per heavy atom. The van der Waals surface area contributed by atoms with E-state index in [1.807, 2.05) is 12.1 Å². The van der Waals surface area contributed by atoms with Gasteiger partial charge in [-0.15, -0.1) is 0 Å². The van der Waals surface area contributed by atoms with Gasteiger partial charge in [-0.2, -0.15) is 0 Å². The largest absolute Gasteiger partial charge is 0.480 e. The molecule has 0 amide bonds. The third-order valence-electron chi connectivity index (χ3n) is 2.65. The highest BCUT2D eigenvalue weighted by Crippen LogP contribution is 2.22. The smallest absolute Gasteiger partial charge is 0.125 e. The normalized spacial score (nSPS) is 10.3. The van der Waals surface area contributed by atoms with E-state index >= 15 is 0 Å². The Bertz CT molecular complexity index is 273. The average molecular weight is 224 g/mol. The van der Waals surface area contributed by atoms with Gasteiger partial charge in [0.15, 0.2) is 0 Å². The van der Waals surface area contributed by atoms with E-state index in [2.05, 4.69) is 28.5 Å². The molecule has 0 bridgehead atoms. The molecule has 0 saturated carbocycles. The Morgan fingerprint density at radius 2 is 1.80 bits per heavy atom. The van der Waals surface area contributed by atoms with Gasteiger partial charge in [-0.3, -0.25) is 0 Å². The molecule has 1 unspecified atom stereocenters. The fraction of sp³-hybridized carbons (Fsp3) is 0.538. The summed E-state index contributed by atoms with van der Waals surface area (Å²) >= 11 is 0. The molecule has 1 aromatic carbocycles. The lowest BCUT2D eigenvalue weighted by atomic mass is 10.0. The predicted molar refractivity (Wildman–Crippen MR) is 69.2 cm³/mol. The summed E-state index contributed by atoms with van der Waals surface area (Å²) in [5.41, 5.74) is 1.32. The molecule has 0 heterocycles. The van der Waals surface area contributed by atoms with Crippen LogP contribution in [0, 0.1) is 0 Å². The Kier molecular flexibility index (Phi) is 6.43. The van der Waals surface area contributed by atoms with Gasteiger partial charge in [0.1, 0.15) is 5.75 Å². The van der Waals surface area contributed by atoms with Gasteiger partial charge in [0.25, 0.3) is 0 Å². The Hall–Kier alpha value is -0.550. The first kappa shape index (κ1) is 12.5. The summed E-state index contributed by atoms with van der Waals surface area (Å²) in [5.74, 6) is 0.998. The summed E-state index contributed by atoms with van der Waals surface area (Å²) in [6, 6.07) is 8.27. The van der Waals surface area contributed by atoms with E-state index in [-0.39, 0.29) is 0 Å². The van der Waals surface area contributed by atoms with Crippen LogP contribution in [0.2, 0.25) is 0 Å². The monoisotopic (exact) mass is 224 g/mol. The first-order chi connectivity index (χ1) is 7.38. The van der Waals surface area contributed by atoms with Gasteiger partial charge in [-0.1, -0.05) is 50.8 Å². The molecule has 0 aliphatic carbocycles. The highest BCUT2D eigenvalue weighted by Gasteiger charge is 2.00. The second-order valence-corrected chi connectivity index (χ2v) is 4.13. The van der Waals surface area contributed by atoms with Crippen LogP contribution in [0.3, 0.4) is 0 Å². The second-order valence-electron chi connectivity index (χ2n) is 3.89. The van der Waals surface area contributed by atoms with Crippen LogP contribution in [0.4, 0.5) is 0 Å². The number of para-hydroxylation sites is 1. The zero-order valence-corrected chi connectivity index (χ0v) is 10.7. The van der Waals surface area contributed by atoms with Crippen LogP contribution in [0.15, 0.2) is 24.3 Å². The van der Waals surface area contributed by atoms with Gasteiger partial charge < -0.3 is 4.52 Å². The molecule has 0 aromatic heterocycles. The van der Waals surface area contributed by atoms with E-state index in [1.165, 1.54) is 37.7 Å². The highest BCUT2D eigenvalue weighted by atomic mass is 31.0. The molecular formula is C13H21OP. The maximum Gasteiger partial charge on any atom is 0.125 e. The molecule has 2 heteroatoms. The summed E-state index contributed by atoms with van der Waals surface area (Å²) in [5, 5.41) is 0. The molecule has 0 fully saturated rings. The van der Waals surface area contributed by atoms with Crippen molar-refractivity contribution < 1.29 is 4.52 Å². The fourth-order valence-electron chi connectivity index (χ4n) is 1.74. The van der Waals surface area contributed by atoms with Crippen molar-refractivity contribution >= 4 is 9.47 Å². The van der Waals surface area contributed by atoms with E-state index in [9.17, 15) is 0 Å². The minimum Gasteiger partial charge on any atom is -0.480 e. The molecular weight excluding hydrogens is 203 g/mol. The lowest BCUT2D eigenvalue weighted by Gasteiger charge is -2.07. The number of rotatable bonds is 7. The summed E-state index contributed by atoms with van der Waals surface area (Å²) in [6.45, 7) is 2.25. The molecule has 1 rings (SSSR count). The molecule has 0 aliphatic heterocycles. The minimum atomic E-state index is 0.998. The van der Waals surface area contributed by atoms with Crippen LogP contribution >= 0.6 is 9.47 Å². The van der Waals surface area contributed by atoms with Gasteiger partial charge in [0.05, 0.1) is 9.47 Å². The van der Waals surface area contributed by atoms with Crippen molar-refractivity contribution in [1.82, 2.24) is 0 Å². The Morgan fingerprint density at radius 3 is 2.53 bits per heavy atom. The average Bonchev–Trinajstić information content (AvgIpc) is 2.29. The maximum atomic E-state index is 5.24. The molecule has 0 spiro atoms. The quantitative estimate of drug-likeness (QED) is 0.493. The molecule has 84 valence electrons. The van der Waals surface area contributed by atoms with Crippen molar-refractivity contribution in [2.45, 2.75) is 45.4 Å². The zero-order valence-electron chi connectivity index (χ0n) is 9.54. The van der Waals surface area contributed by atoms with Gasteiger partial charge in [-0.05, 0) is 24.5 Å². The summed E-state index contributed by atoms with van der Waals surface area (Å²) in [6.07, 6.45) is 7.77. The second kappa shape index (κ2) is 7.70. The molecule has 0 saturated heterocycles. The minimum absolute atomic E-state index is 0.998. The lowest BCUT2D eigenvalue weighted by molar-refractivity contribution is 0.606. The van der Waals surface area contributed by atoms with Crippen LogP contribution in [0.25, 0.3) is 0 Å². The van der Waals surface area contributed by atoms with Crippen molar-refractivity contribution in [3.63, 3.8) is 0 Å². The summed E-state index contributed by atoms with van der Waals surface area (Å²) in [7, 11) is 2.32. The third kappa shape index (κ3) is 4.66. The summed E-state index contributed by atoms with van der Waals surface area (Å²) in [4.78, 5) is 0. The van der Waals surface area contributed by atoms with E-state index < -0.39 is 0 Å². The molecule has 0 aliphatic rings. The first-order valence-electron chi connectivity index (χ1n) is 5.83. The Balaban J connectivity index is 2.30. The van der Waals surface area contributed by atoms with Crippen molar-refractivity contribution in [2.75, 3.05) is 0 Å². The van der Waals surface area contributed by atoms with Crippen LogP contribution in [-0.4, -0.2) is 0 Å². The van der Waals surface area contributed by atoms with E-state index in [0.29, 0.717) is 0 Å². The molecule has 1 atom stereocenters.